The van der Waals surface area contributed by atoms with Crippen LogP contribution in [0.1, 0.15) is 11.1 Å². The molecule has 0 unspecified atom stereocenters. The van der Waals surface area contributed by atoms with Gasteiger partial charge in [-0.3, -0.25) is 0 Å². The van der Waals surface area contributed by atoms with Crippen molar-refractivity contribution in [2.24, 2.45) is 0 Å². The van der Waals surface area contributed by atoms with Crippen LogP contribution in [-0.2, 0) is 5.75 Å². The molecule has 0 atom stereocenters. The summed E-state index contributed by atoms with van der Waals surface area (Å²) >= 11 is -0.135. The molecule has 0 aliphatic heterocycles. The van der Waals surface area contributed by atoms with Crippen LogP contribution in [-0.4, -0.2) is 5.51 Å². The molecule has 0 saturated heterocycles. The number of alkyl halides is 3. The number of rotatable bonds is 2. The maximum absolute atomic E-state index is 11.9. The van der Waals surface area contributed by atoms with E-state index in [-0.39, 0.29) is 17.5 Å². The van der Waals surface area contributed by atoms with Crippen molar-refractivity contribution in [1.29, 1.82) is 5.26 Å². The van der Waals surface area contributed by atoms with Crippen LogP contribution in [0.4, 0.5) is 13.2 Å². The van der Waals surface area contributed by atoms with Gasteiger partial charge in [-0.05, 0) is 23.4 Å². The molecule has 0 fully saturated rings. The third-order valence-electron chi connectivity index (χ3n) is 1.53. The molecule has 5 heteroatoms. The lowest BCUT2D eigenvalue weighted by Crippen LogP contribution is -2.01. The number of thioether (sulfide) groups is 1. The molecule has 14 heavy (non-hydrogen) atoms. The van der Waals surface area contributed by atoms with E-state index in [9.17, 15) is 13.2 Å². The molecular weight excluding hydrogens is 211 g/mol. The van der Waals surface area contributed by atoms with Crippen LogP contribution in [0.5, 0.6) is 0 Å². The molecule has 1 aromatic carbocycles. The molecule has 1 nitrogen and oxygen atoms in total. The average Bonchev–Trinajstić information content (AvgIpc) is 2.14. The van der Waals surface area contributed by atoms with Gasteiger partial charge in [-0.15, -0.1) is 0 Å². The second-order valence-electron chi connectivity index (χ2n) is 2.50. The Balaban J connectivity index is 2.73. The van der Waals surface area contributed by atoms with Gasteiger partial charge >= 0.3 is 5.51 Å². The Kier molecular flexibility index (Phi) is 3.42. The zero-order valence-corrected chi connectivity index (χ0v) is 7.82. The molecule has 0 aliphatic rings. The molecule has 0 spiro atoms. The summed E-state index contributed by atoms with van der Waals surface area (Å²) in [6, 6.07) is 8.13. The number of nitriles is 1. The highest BCUT2D eigenvalue weighted by atomic mass is 32.2. The minimum Gasteiger partial charge on any atom is -0.192 e. The van der Waals surface area contributed by atoms with E-state index < -0.39 is 5.51 Å². The smallest absolute Gasteiger partial charge is 0.192 e. The fourth-order valence-electron chi connectivity index (χ4n) is 0.915. The van der Waals surface area contributed by atoms with Crippen molar-refractivity contribution in [2.45, 2.75) is 11.3 Å². The number of nitrogens with zero attached hydrogens (tertiary/aromatic N) is 1. The zero-order chi connectivity index (χ0) is 10.6. The highest BCUT2D eigenvalue weighted by Crippen LogP contribution is 2.33. The summed E-state index contributed by atoms with van der Waals surface area (Å²) in [6.07, 6.45) is 0. The fraction of sp³-hybridized carbons (Fsp3) is 0.222. The number of hydrogen-bond acceptors (Lipinski definition) is 2. The fourth-order valence-corrected chi connectivity index (χ4v) is 1.49. The summed E-state index contributed by atoms with van der Waals surface area (Å²) in [5.41, 5.74) is -3.54. The SMILES string of the molecule is N#Cc1ccccc1CSC(F)(F)F. The minimum atomic E-state index is -4.25. The average molecular weight is 217 g/mol. The monoisotopic (exact) mass is 217 g/mol. The van der Waals surface area contributed by atoms with Crippen LogP contribution in [0.2, 0.25) is 0 Å². The third kappa shape index (κ3) is 3.30. The molecule has 1 rings (SSSR count). The van der Waals surface area contributed by atoms with Crippen molar-refractivity contribution in [3.05, 3.63) is 35.4 Å². The number of halogens is 3. The van der Waals surface area contributed by atoms with E-state index in [4.69, 9.17) is 5.26 Å². The normalized spacial score (nSPS) is 11.0. The van der Waals surface area contributed by atoms with Gasteiger partial charge in [0.2, 0.25) is 0 Å². The molecular formula is C9H6F3NS. The van der Waals surface area contributed by atoms with Crippen LogP contribution in [0.15, 0.2) is 24.3 Å². The van der Waals surface area contributed by atoms with Crippen molar-refractivity contribution < 1.29 is 13.2 Å². The first kappa shape index (κ1) is 10.9. The van der Waals surface area contributed by atoms with Crippen LogP contribution in [0.3, 0.4) is 0 Å². The van der Waals surface area contributed by atoms with Crippen molar-refractivity contribution in [2.75, 3.05) is 0 Å². The lowest BCUT2D eigenvalue weighted by Gasteiger charge is -2.06. The maximum atomic E-state index is 11.9. The molecule has 0 bridgehead atoms. The zero-order valence-electron chi connectivity index (χ0n) is 7.01. The second kappa shape index (κ2) is 4.38. The molecule has 0 N–H and O–H groups in total. The predicted octanol–water partition coefficient (Wildman–Crippen LogP) is 3.31. The van der Waals surface area contributed by atoms with E-state index in [2.05, 4.69) is 0 Å². The van der Waals surface area contributed by atoms with Gasteiger partial charge in [0.1, 0.15) is 0 Å². The van der Waals surface area contributed by atoms with E-state index in [1.807, 2.05) is 6.07 Å². The molecule has 74 valence electrons. The quantitative estimate of drug-likeness (QED) is 0.758. The van der Waals surface area contributed by atoms with Gasteiger partial charge in [0.25, 0.3) is 0 Å². The van der Waals surface area contributed by atoms with Crippen molar-refractivity contribution >= 4 is 11.8 Å². The highest BCUT2D eigenvalue weighted by Gasteiger charge is 2.28. The summed E-state index contributed by atoms with van der Waals surface area (Å²) in [7, 11) is 0. The lowest BCUT2D eigenvalue weighted by atomic mass is 10.1. The van der Waals surface area contributed by atoms with Gasteiger partial charge in [-0.25, -0.2) is 0 Å². The summed E-state index contributed by atoms with van der Waals surface area (Å²) in [5, 5.41) is 8.61. The lowest BCUT2D eigenvalue weighted by molar-refractivity contribution is -0.0329. The third-order valence-corrected chi connectivity index (χ3v) is 2.31. The largest absolute Gasteiger partial charge is 0.442 e. The Morgan fingerprint density at radius 1 is 1.29 bits per heavy atom. The summed E-state index contributed by atoms with van der Waals surface area (Å²) in [4.78, 5) is 0. The van der Waals surface area contributed by atoms with Crippen molar-refractivity contribution in [1.82, 2.24) is 0 Å². The van der Waals surface area contributed by atoms with Gasteiger partial charge in [0.05, 0.1) is 11.6 Å². The Morgan fingerprint density at radius 2 is 1.93 bits per heavy atom. The van der Waals surface area contributed by atoms with Crippen molar-refractivity contribution in [3.63, 3.8) is 0 Å². The van der Waals surface area contributed by atoms with Gasteiger partial charge < -0.3 is 0 Å². The summed E-state index contributed by atoms with van der Waals surface area (Å²) < 4.78 is 35.6. The highest BCUT2D eigenvalue weighted by molar-refractivity contribution is 7.99. The van der Waals surface area contributed by atoms with E-state index in [1.165, 1.54) is 12.1 Å². The van der Waals surface area contributed by atoms with Crippen LogP contribution >= 0.6 is 11.8 Å². The second-order valence-corrected chi connectivity index (χ2v) is 3.54. The van der Waals surface area contributed by atoms with E-state index in [1.54, 1.807) is 12.1 Å². The standard InChI is InChI=1S/C9H6F3NS/c10-9(11,12)14-6-8-4-2-1-3-7(8)5-13/h1-4H,6H2. The first-order valence-corrected chi connectivity index (χ1v) is 4.70. The van der Waals surface area contributed by atoms with Gasteiger partial charge in [-0.2, -0.15) is 18.4 Å². The Labute approximate surface area is 83.5 Å². The molecule has 0 heterocycles. The Morgan fingerprint density at radius 3 is 2.50 bits per heavy atom. The first-order chi connectivity index (χ1) is 6.53. The molecule has 0 radical (unpaired) electrons. The molecule has 1 aromatic rings. The van der Waals surface area contributed by atoms with Crippen LogP contribution in [0.25, 0.3) is 0 Å². The summed E-state index contributed by atoms with van der Waals surface area (Å²) in [5.74, 6) is -0.215. The molecule has 0 aliphatic carbocycles. The van der Waals surface area contributed by atoms with Crippen molar-refractivity contribution in [3.8, 4) is 6.07 Å². The van der Waals surface area contributed by atoms with Gasteiger partial charge in [0, 0.05) is 5.75 Å². The Bertz CT molecular complexity index is 354. The molecule has 0 saturated carbocycles. The molecule has 0 amide bonds. The molecule has 0 aromatic heterocycles. The topological polar surface area (TPSA) is 23.8 Å². The summed E-state index contributed by atoms with van der Waals surface area (Å²) in [6.45, 7) is 0. The van der Waals surface area contributed by atoms with Gasteiger partial charge in [-0.1, -0.05) is 18.2 Å². The number of benzene rings is 1. The maximum Gasteiger partial charge on any atom is 0.442 e. The van der Waals surface area contributed by atoms with E-state index >= 15 is 0 Å². The van der Waals surface area contributed by atoms with Crippen LogP contribution < -0.4 is 0 Å². The van der Waals surface area contributed by atoms with Gasteiger partial charge in [0.15, 0.2) is 0 Å². The predicted molar refractivity (Wildman–Crippen MR) is 48.5 cm³/mol. The first-order valence-electron chi connectivity index (χ1n) is 3.71. The van der Waals surface area contributed by atoms with E-state index in [0.29, 0.717) is 11.1 Å². The van der Waals surface area contributed by atoms with E-state index in [0.717, 1.165) is 0 Å². The number of hydrogen-bond donors (Lipinski definition) is 0. The Hall–Kier alpha value is -1.15. The van der Waals surface area contributed by atoms with Crippen LogP contribution in [0, 0.1) is 11.3 Å². The minimum absolute atomic E-state index is 0.135.